The molecule has 0 aliphatic heterocycles. The van der Waals surface area contributed by atoms with Crippen LogP contribution in [0.1, 0.15) is 367 Å². The quantitative estimate of drug-likeness (QED) is 0.0261. The normalized spacial score (nSPS) is 12.2. The Kier molecular flexibility index (Phi) is 62.1. The summed E-state index contributed by atoms with van der Waals surface area (Å²) in [6.07, 6.45) is 78.9. The van der Waals surface area contributed by atoms with Crippen LogP contribution >= 0.6 is 0 Å². The number of rotatable bonds is 62. The maximum absolute atomic E-state index is 12.9. The zero-order valence-corrected chi connectivity index (χ0v) is 50.6. The summed E-state index contributed by atoms with van der Waals surface area (Å²) in [6.45, 7) is 6.64. The van der Waals surface area contributed by atoms with Crippen LogP contribution < -0.4 is 0 Å². The third kappa shape index (κ3) is 62.4. The van der Waals surface area contributed by atoms with Crippen LogP contribution in [0.25, 0.3) is 0 Å². The molecule has 0 N–H and O–H groups in total. The molecule has 75 heavy (non-hydrogen) atoms. The number of esters is 3. The highest BCUT2D eigenvalue weighted by Gasteiger charge is 2.19. The average Bonchev–Trinajstić information content (AvgIpc) is 3.41. The molecule has 0 aliphatic rings. The van der Waals surface area contributed by atoms with Crippen molar-refractivity contribution in [3.63, 3.8) is 0 Å². The molecule has 0 aromatic carbocycles. The molecule has 0 aliphatic carbocycles. The molecule has 0 radical (unpaired) electrons. The fourth-order valence-corrected chi connectivity index (χ4v) is 10.0. The lowest BCUT2D eigenvalue weighted by atomic mass is 10.0. The number of hydrogen-bond donors (Lipinski definition) is 0. The molecule has 0 spiro atoms. The second-order valence-electron chi connectivity index (χ2n) is 22.7. The number of hydrogen-bond acceptors (Lipinski definition) is 6. The Hall–Kier alpha value is -2.37. The van der Waals surface area contributed by atoms with Crippen molar-refractivity contribution in [2.75, 3.05) is 13.2 Å². The maximum atomic E-state index is 12.9. The van der Waals surface area contributed by atoms with E-state index >= 15 is 0 Å². The molecule has 0 aromatic heterocycles. The monoisotopic (exact) mass is 1050 g/mol. The molecule has 0 aromatic rings. The fraction of sp³-hybridized carbons (Fsp3) is 0.870. The van der Waals surface area contributed by atoms with Crippen molar-refractivity contribution < 1.29 is 28.6 Å². The third-order valence-corrected chi connectivity index (χ3v) is 15.1. The van der Waals surface area contributed by atoms with Crippen LogP contribution in [0.5, 0.6) is 0 Å². The summed E-state index contributed by atoms with van der Waals surface area (Å²) in [5, 5.41) is 0. The van der Waals surface area contributed by atoms with E-state index in [1.807, 2.05) is 0 Å². The van der Waals surface area contributed by atoms with E-state index in [1.165, 1.54) is 244 Å². The highest BCUT2D eigenvalue weighted by Crippen LogP contribution is 2.18. The van der Waals surface area contributed by atoms with Gasteiger partial charge in [0.15, 0.2) is 6.10 Å². The molecular weight excluding hydrogens is 925 g/mol. The molecule has 0 rings (SSSR count). The van der Waals surface area contributed by atoms with E-state index in [1.54, 1.807) is 0 Å². The van der Waals surface area contributed by atoms with Crippen molar-refractivity contribution in [1.29, 1.82) is 0 Å². The van der Waals surface area contributed by atoms with E-state index in [0.29, 0.717) is 19.3 Å². The highest BCUT2D eigenvalue weighted by molar-refractivity contribution is 5.71. The molecular formula is C69H128O6. The van der Waals surface area contributed by atoms with Gasteiger partial charge in [-0.05, 0) is 70.6 Å². The van der Waals surface area contributed by atoms with Gasteiger partial charge in [0.2, 0.25) is 0 Å². The SMILES string of the molecule is CCCC/C=C\C/C=C\CCCCCCCC(=O)OC(COC(=O)CCCCCCCCCCCCCC)COC(=O)CCCCCCCCCCCCCCCCCCCCC/C=C\CCCCCCCCCC. The molecule has 1 unspecified atom stereocenters. The highest BCUT2D eigenvalue weighted by atomic mass is 16.6. The first-order valence-corrected chi connectivity index (χ1v) is 33.5. The summed E-state index contributed by atoms with van der Waals surface area (Å²) < 4.78 is 16.9. The lowest BCUT2D eigenvalue weighted by molar-refractivity contribution is -0.167. The Labute approximate surface area is 467 Å². The van der Waals surface area contributed by atoms with Crippen LogP contribution in [-0.4, -0.2) is 37.2 Å². The topological polar surface area (TPSA) is 78.9 Å². The molecule has 0 saturated heterocycles. The summed E-state index contributed by atoms with van der Waals surface area (Å²) in [4.78, 5) is 38.2. The zero-order chi connectivity index (χ0) is 54.3. The van der Waals surface area contributed by atoms with Gasteiger partial charge in [-0.1, -0.05) is 314 Å². The van der Waals surface area contributed by atoms with Gasteiger partial charge in [0, 0.05) is 19.3 Å². The summed E-state index contributed by atoms with van der Waals surface area (Å²) in [7, 11) is 0. The molecule has 0 heterocycles. The van der Waals surface area contributed by atoms with Crippen molar-refractivity contribution in [3.05, 3.63) is 36.5 Å². The van der Waals surface area contributed by atoms with Crippen LogP contribution in [-0.2, 0) is 28.6 Å². The van der Waals surface area contributed by atoms with E-state index in [9.17, 15) is 14.4 Å². The maximum Gasteiger partial charge on any atom is 0.306 e. The standard InChI is InChI=1S/C69H128O6/c1-4-7-10-13-16-19-22-25-27-28-29-30-31-32-33-34-35-36-37-38-39-40-41-42-43-45-47-50-53-56-59-62-68(71)74-65-66(64-73-67(70)61-58-55-52-49-46-24-21-18-15-12-9-6-3)75-69(72)63-60-57-54-51-48-44-26-23-20-17-14-11-8-5-2/h14,17,23,26,28-29,66H,4-13,15-16,18-22,24-25,27,30-65H2,1-3H3/b17-14-,26-23-,29-28-. The smallest absolute Gasteiger partial charge is 0.306 e. The van der Waals surface area contributed by atoms with Crippen molar-refractivity contribution in [2.24, 2.45) is 0 Å². The van der Waals surface area contributed by atoms with E-state index in [2.05, 4.69) is 57.2 Å². The van der Waals surface area contributed by atoms with Crippen LogP contribution in [0.3, 0.4) is 0 Å². The third-order valence-electron chi connectivity index (χ3n) is 15.1. The zero-order valence-electron chi connectivity index (χ0n) is 50.6. The lowest BCUT2D eigenvalue weighted by Crippen LogP contribution is -2.30. The lowest BCUT2D eigenvalue weighted by Gasteiger charge is -2.18. The van der Waals surface area contributed by atoms with Gasteiger partial charge in [0.25, 0.3) is 0 Å². The number of unbranched alkanes of at least 4 members (excludes halogenated alkanes) is 45. The van der Waals surface area contributed by atoms with Crippen molar-refractivity contribution in [3.8, 4) is 0 Å². The van der Waals surface area contributed by atoms with E-state index in [4.69, 9.17) is 14.2 Å². The molecule has 0 bridgehead atoms. The number of carbonyl (C=O) groups excluding carboxylic acids is 3. The number of ether oxygens (including phenoxy) is 3. The van der Waals surface area contributed by atoms with Gasteiger partial charge in [-0.15, -0.1) is 0 Å². The number of carbonyl (C=O) groups is 3. The number of allylic oxidation sites excluding steroid dienone is 6. The predicted octanol–water partition coefficient (Wildman–Crippen LogP) is 22.8. The van der Waals surface area contributed by atoms with Gasteiger partial charge in [-0.25, -0.2) is 0 Å². The minimum Gasteiger partial charge on any atom is -0.462 e. The van der Waals surface area contributed by atoms with Crippen LogP contribution in [0, 0.1) is 0 Å². The van der Waals surface area contributed by atoms with Crippen LogP contribution in [0.4, 0.5) is 0 Å². The minimum absolute atomic E-state index is 0.0729. The second kappa shape index (κ2) is 64.2. The minimum atomic E-state index is -0.776. The Morgan fingerprint density at radius 3 is 0.787 bits per heavy atom. The first-order chi connectivity index (χ1) is 37.0. The van der Waals surface area contributed by atoms with Crippen LogP contribution in [0.15, 0.2) is 36.5 Å². The van der Waals surface area contributed by atoms with Crippen molar-refractivity contribution in [1.82, 2.24) is 0 Å². The van der Waals surface area contributed by atoms with Gasteiger partial charge in [-0.3, -0.25) is 14.4 Å². The first-order valence-electron chi connectivity index (χ1n) is 33.5. The average molecular weight is 1050 g/mol. The van der Waals surface area contributed by atoms with Gasteiger partial charge in [-0.2, -0.15) is 0 Å². The Bertz CT molecular complexity index is 1250. The fourth-order valence-electron chi connectivity index (χ4n) is 10.0. The van der Waals surface area contributed by atoms with Crippen molar-refractivity contribution >= 4 is 17.9 Å². The summed E-state index contributed by atoms with van der Waals surface area (Å²) in [6, 6.07) is 0. The van der Waals surface area contributed by atoms with Crippen molar-refractivity contribution in [2.45, 2.75) is 374 Å². The van der Waals surface area contributed by atoms with Gasteiger partial charge >= 0.3 is 17.9 Å². The largest absolute Gasteiger partial charge is 0.462 e. The molecule has 0 amide bonds. The van der Waals surface area contributed by atoms with E-state index < -0.39 is 6.10 Å². The summed E-state index contributed by atoms with van der Waals surface area (Å²) >= 11 is 0. The molecule has 6 nitrogen and oxygen atoms in total. The van der Waals surface area contributed by atoms with Gasteiger partial charge < -0.3 is 14.2 Å². The molecule has 1 atom stereocenters. The van der Waals surface area contributed by atoms with E-state index in [-0.39, 0.29) is 31.1 Å². The van der Waals surface area contributed by atoms with Gasteiger partial charge in [0.1, 0.15) is 13.2 Å². The molecule has 440 valence electrons. The summed E-state index contributed by atoms with van der Waals surface area (Å²) in [5.74, 6) is -0.865. The molecule has 0 saturated carbocycles. The predicted molar refractivity (Wildman–Crippen MR) is 326 cm³/mol. The first kappa shape index (κ1) is 72.6. The Morgan fingerprint density at radius 2 is 0.493 bits per heavy atom. The Morgan fingerprint density at radius 1 is 0.267 bits per heavy atom. The van der Waals surface area contributed by atoms with Crippen LogP contribution in [0.2, 0.25) is 0 Å². The molecule has 6 heteroatoms. The second-order valence-corrected chi connectivity index (χ2v) is 22.7. The molecule has 0 fully saturated rings. The van der Waals surface area contributed by atoms with E-state index in [0.717, 1.165) is 83.5 Å². The Balaban J connectivity index is 4.09. The summed E-state index contributed by atoms with van der Waals surface area (Å²) in [5.41, 5.74) is 0. The van der Waals surface area contributed by atoms with Gasteiger partial charge in [0.05, 0.1) is 0 Å².